The van der Waals surface area contributed by atoms with E-state index in [9.17, 15) is 9.59 Å². The average molecular weight is 304 g/mol. The van der Waals surface area contributed by atoms with Crippen LogP contribution in [0.25, 0.3) is 17.0 Å². The first-order valence-electron chi connectivity index (χ1n) is 6.63. The molecule has 0 saturated carbocycles. The van der Waals surface area contributed by atoms with Crippen molar-refractivity contribution in [1.82, 2.24) is 0 Å². The molecule has 0 radical (unpaired) electrons. The van der Waals surface area contributed by atoms with Crippen molar-refractivity contribution in [3.05, 3.63) is 40.3 Å². The SMILES string of the molecule is CCOC(=O)/C=C/c1cc2c(OC)cc(OC)cc2oc1=O. The summed E-state index contributed by atoms with van der Waals surface area (Å²) in [4.78, 5) is 23.3. The van der Waals surface area contributed by atoms with Gasteiger partial charge in [-0.2, -0.15) is 0 Å². The van der Waals surface area contributed by atoms with Crippen molar-refractivity contribution in [2.75, 3.05) is 20.8 Å². The molecule has 6 heteroatoms. The third kappa shape index (κ3) is 3.28. The zero-order valence-electron chi connectivity index (χ0n) is 12.5. The second kappa shape index (κ2) is 6.80. The summed E-state index contributed by atoms with van der Waals surface area (Å²) in [6.45, 7) is 1.97. The molecule has 6 nitrogen and oxygen atoms in total. The Bertz CT molecular complexity index is 772. The molecular weight excluding hydrogens is 288 g/mol. The second-order valence-corrected chi connectivity index (χ2v) is 4.32. The lowest BCUT2D eigenvalue weighted by Crippen LogP contribution is -2.05. The predicted molar refractivity (Wildman–Crippen MR) is 81.3 cm³/mol. The van der Waals surface area contributed by atoms with E-state index < -0.39 is 11.6 Å². The van der Waals surface area contributed by atoms with Crippen LogP contribution in [0.5, 0.6) is 11.5 Å². The normalized spacial score (nSPS) is 10.9. The summed E-state index contributed by atoms with van der Waals surface area (Å²) in [7, 11) is 3.02. The van der Waals surface area contributed by atoms with Crippen molar-refractivity contribution in [3.8, 4) is 11.5 Å². The zero-order valence-corrected chi connectivity index (χ0v) is 12.5. The van der Waals surface area contributed by atoms with E-state index >= 15 is 0 Å². The third-order valence-corrected chi connectivity index (χ3v) is 2.96. The van der Waals surface area contributed by atoms with E-state index in [0.717, 1.165) is 0 Å². The molecule has 0 atom stereocenters. The summed E-state index contributed by atoms with van der Waals surface area (Å²) in [5.41, 5.74) is 0.00172. The molecule has 22 heavy (non-hydrogen) atoms. The van der Waals surface area contributed by atoms with Crippen molar-refractivity contribution in [1.29, 1.82) is 0 Å². The van der Waals surface area contributed by atoms with Gasteiger partial charge < -0.3 is 18.6 Å². The summed E-state index contributed by atoms with van der Waals surface area (Å²) in [5.74, 6) is 0.495. The van der Waals surface area contributed by atoms with E-state index in [-0.39, 0.29) is 12.2 Å². The third-order valence-electron chi connectivity index (χ3n) is 2.96. The summed E-state index contributed by atoms with van der Waals surface area (Å²) >= 11 is 0. The van der Waals surface area contributed by atoms with Gasteiger partial charge in [-0.15, -0.1) is 0 Å². The molecule has 0 amide bonds. The molecule has 0 aliphatic heterocycles. The number of methoxy groups -OCH3 is 2. The highest BCUT2D eigenvalue weighted by Crippen LogP contribution is 2.30. The van der Waals surface area contributed by atoms with E-state index in [1.165, 1.54) is 26.4 Å². The number of hydrogen-bond donors (Lipinski definition) is 0. The lowest BCUT2D eigenvalue weighted by atomic mass is 10.1. The molecule has 2 rings (SSSR count). The van der Waals surface area contributed by atoms with E-state index in [4.69, 9.17) is 18.6 Å². The number of hydrogen-bond acceptors (Lipinski definition) is 6. The highest BCUT2D eigenvalue weighted by Gasteiger charge is 2.10. The van der Waals surface area contributed by atoms with Crippen LogP contribution < -0.4 is 15.1 Å². The Labute approximate surface area is 126 Å². The van der Waals surface area contributed by atoms with Gasteiger partial charge in [0.05, 0.1) is 31.8 Å². The largest absolute Gasteiger partial charge is 0.496 e. The van der Waals surface area contributed by atoms with Crippen molar-refractivity contribution in [2.24, 2.45) is 0 Å². The quantitative estimate of drug-likeness (QED) is 0.479. The fraction of sp³-hybridized carbons (Fsp3) is 0.250. The number of benzene rings is 1. The van der Waals surface area contributed by atoms with E-state index in [2.05, 4.69) is 0 Å². The number of carbonyl (C=O) groups excluding carboxylic acids is 1. The molecule has 1 aromatic heterocycles. The molecule has 0 spiro atoms. The van der Waals surface area contributed by atoms with Gasteiger partial charge in [0.1, 0.15) is 17.1 Å². The van der Waals surface area contributed by atoms with Gasteiger partial charge in [0.25, 0.3) is 0 Å². The molecule has 0 aliphatic rings. The minimum Gasteiger partial charge on any atom is -0.496 e. The summed E-state index contributed by atoms with van der Waals surface area (Å²) in [5, 5.41) is 0.603. The van der Waals surface area contributed by atoms with Crippen molar-refractivity contribution >= 4 is 23.0 Å². The van der Waals surface area contributed by atoms with Gasteiger partial charge in [-0.05, 0) is 19.1 Å². The van der Waals surface area contributed by atoms with E-state index in [1.54, 1.807) is 25.1 Å². The molecular formula is C16H16O6. The van der Waals surface area contributed by atoms with Gasteiger partial charge in [-0.3, -0.25) is 0 Å². The molecule has 1 aromatic carbocycles. The molecule has 0 N–H and O–H groups in total. The standard InChI is InChI=1S/C16H16O6/c1-4-21-15(17)6-5-10-7-12-13(20-3)8-11(19-2)9-14(12)22-16(10)18/h5-9H,4H2,1-3H3/b6-5+. The first kappa shape index (κ1) is 15.6. The Morgan fingerprint density at radius 1 is 1.23 bits per heavy atom. The van der Waals surface area contributed by atoms with Gasteiger partial charge in [-0.1, -0.05) is 0 Å². The fourth-order valence-electron chi connectivity index (χ4n) is 1.93. The molecule has 0 saturated heterocycles. The van der Waals surface area contributed by atoms with Crippen LogP contribution in [0.3, 0.4) is 0 Å². The topological polar surface area (TPSA) is 75.0 Å². The number of fused-ring (bicyclic) bond motifs is 1. The maximum Gasteiger partial charge on any atom is 0.343 e. The van der Waals surface area contributed by atoms with Crippen LogP contribution in [0, 0.1) is 0 Å². The lowest BCUT2D eigenvalue weighted by Gasteiger charge is -2.08. The molecule has 2 aromatic rings. The lowest BCUT2D eigenvalue weighted by molar-refractivity contribution is -0.137. The minimum absolute atomic E-state index is 0.226. The van der Waals surface area contributed by atoms with E-state index in [0.29, 0.717) is 22.5 Å². The van der Waals surface area contributed by atoms with Crippen LogP contribution in [0.2, 0.25) is 0 Å². The van der Waals surface area contributed by atoms with Crippen molar-refractivity contribution in [2.45, 2.75) is 6.92 Å². The monoisotopic (exact) mass is 304 g/mol. The van der Waals surface area contributed by atoms with Crippen LogP contribution in [-0.4, -0.2) is 26.8 Å². The molecule has 116 valence electrons. The Morgan fingerprint density at radius 3 is 2.64 bits per heavy atom. The first-order valence-corrected chi connectivity index (χ1v) is 6.63. The molecule has 0 fully saturated rings. The van der Waals surface area contributed by atoms with Gasteiger partial charge in [-0.25, -0.2) is 9.59 Å². The highest BCUT2D eigenvalue weighted by molar-refractivity contribution is 5.90. The molecule has 0 aliphatic carbocycles. The molecule has 1 heterocycles. The van der Waals surface area contributed by atoms with Crippen LogP contribution >= 0.6 is 0 Å². The van der Waals surface area contributed by atoms with Crippen molar-refractivity contribution < 1.29 is 23.4 Å². The maximum absolute atomic E-state index is 12.0. The average Bonchev–Trinajstić information content (AvgIpc) is 2.52. The second-order valence-electron chi connectivity index (χ2n) is 4.32. The number of ether oxygens (including phenoxy) is 3. The smallest absolute Gasteiger partial charge is 0.343 e. The van der Waals surface area contributed by atoms with Crippen LogP contribution in [0.1, 0.15) is 12.5 Å². The van der Waals surface area contributed by atoms with Crippen LogP contribution in [0.15, 0.2) is 33.5 Å². The fourth-order valence-corrected chi connectivity index (χ4v) is 1.93. The van der Waals surface area contributed by atoms with Gasteiger partial charge in [0.2, 0.25) is 0 Å². The predicted octanol–water partition coefficient (Wildman–Crippen LogP) is 2.39. The van der Waals surface area contributed by atoms with Gasteiger partial charge in [0, 0.05) is 18.2 Å². The maximum atomic E-state index is 12.0. The number of rotatable bonds is 5. The summed E-state index contributed by atoms with van der Waals surface area (Å²) < 4.78 is 20.4. The van der Waals surface area contributed by atoms with Crippen molar-refractivity contribution in [3.63, 3.8) is 0 Å². The highest BCUT2D eigenvalue weighted by atomic mass is 16.5. The summed E-state index contributed by atoms with van der Waals surface area (Å²) in [6, 6.07) is 4.87. The number of esters is 1. The minimum atomic E-state index is -0.566. The molecule has 0 bridgehead atoms. The van der Waals surface area contributed by atoms with Gasteiger partial charge >= 0.3 is 11.6 Å². The Morgan fingerprint density at radius 2 is 2.00 bits per heavy atom. The Kier molecular flexibility index (Phi) is 4.83. The summed E-state index contributed by atoms with van der Waals surface area (Å²) in [6.07, 6.45) is 2.53. The van der Waals surface area contributed by atoms with E-state index in [1.807, 2.05) is 0 Å². The zero-order chi connectivity index (χ0) is 16.1. The number of carbonyl (C=O) groups is 1. The van der Waals surface area contributed by atoms with Crippen LogP contribution in [0.4, 0.5) is 0 Å². The molecule has 0 unspecified atom stereocenters. The Hall–Kier alpha value is -2.76. The van der Waals surface area contributed by atoms with Gasteiger partial charge in [0.15, 0.2) is 0 Å². The first-order chi connectivity index (χ1) is 10.6. The van der Waals surface area contributed by atoms with Crippen LogP contribution in [-0.2, 0) is 9.53 Å². The Balaban J connectivity index is 2.52.